The van der Waals surface area contributed by atoms with E-state index in [1.165, 1.54) is 9.75 Å². The van der Waals surface area contributed by atoms with Crippen LogP contribution in [0, 0.1) is 13.8 Å². The average molecular weight is 284 g/mol. The van der Waals surface area contributed by atoms with E-state index in [1.54, 1.807) is 12.4 Å². The van der Waals surface area contributed by atoms with Gasteiger partial charge in [-0.2, -0.15) is 0 Å². The van der Waals surface area contributed by atoms with Crippen molar-refractivity contribution in [2.24, 2.45) is 0 Å². The first-order chi connectivity index (χ1) is 9.63. The van der Waals surface area contributed by atoms with Gasteiger partial charge in [0.25, 0.3) is 0 Å². The molecule has 0 saturated carbocycles. The van der Waals surface area contributed by atoms with Crippen molar-refractivity contribution in [1.29, 1.82) is 0 Å². The number of hydrogen-bond donors (Lipinski definition) is 0. The van der Waals surface area contributed by atoms with E-state index in [1.807, 2.05) is 24.3 Å². The largest absolute Gasteiger partial charge is 0.354 e. The van der Waals surface area contributed by atoms with Crippen LogP contribution >= 0.6 is 11.3 Å². The molecule has 0 radical (unpaired) electrons. The second kappa shape index (κ2) is 5.17. The van der Waals surface area contributed by atoms with Crippen LogP contribution in [0.2, 0.25) is 0 Å². The maximum Gasteiger partial charge on any atom is 0.140 e. The molecular weight excluding hydrogens is 268 g/mol. The topological polar surface area (TPSA) is 41.9 Å². The lowest BCUT2D eigenvalue weighted by atomic mass is 10.2. The minimum absolute atomic E-state index is 0.773. The summed E-state index contributed by atoms with van der Waals surface area (Å²) < 4.78 is 0. The van der Waals surface area contributed by atoms with Crippen molar-refractivity contribution >= 4 is 28.1 Å². The molecule has 3 heterocycles. The highest BCUT2D eigenvalue weighted by molar-refractivity contribution is 7.11. The molecule has 0 unspecified atom stereocenters. The predicted molar refractivity (Wildman–Crippen MR) is 83.2 cm³/mol. The van der Waals surface area contributed by atoms with Crippen molar-refractivity contribution in [2.75, 3.05) is 11.9 Å². The summed E-state index contributed by atoms with van der Waals surface area (Å²) in [5.74, 6) is 1.73. The third kappa shape index (κ3) is 2.49. The standard InChI is InChI=1S/C15H16N4S/c1-10-4-5-12(20-10)9-19(3)15-13-6-7-16-8-14(13)17-11(2)18-15/h4-8H,9H2,1-3H3. The number of fused-ring (bicyclic) bond motifs is 1. The summed E-state index contributed by atoms with van der Waals surface area (Å²) in [4.78, 5) is 18.0. The maximum absolute atomic E-state index is 4.60. The number of nitrogens with zero attached hydrogens (tertiary/aromatic N) is 4. The highest BCUT2D eigenvalue weighted by Crippen LogP contribution is 2.25. The highest BCUT2D eigenvalue weighted by Gasteiger charge is 2.11. The zero-order valence-electron chi connectivity index (χ0n) is 11.8. The van der Waals surface area contributed by atoms with E-state index >= 15 is 0 Å². The number of pyridine rings is 1. The number of hydrogen-bond acceptors (Lipinski definition) is 5. The second-order valence-corrected chi connectivity index (χ2v) is 6.23. The number of rotatable bonds is 3. The molecule has 0 amide bonds. The Balaban J connectivity index is 2.00. The predicted octanol–water partition coefficient (Wildman–Crippen LogP) is 3.34. The molecule has 0 bridgehead atoms. The average Bonchev–Trinajstić information content (AvgIpc) is 2.83. The van der Waals surface area contributed by atoms with Gasteiger partial charge in [-0.25, -0.2) is 9.97 Å². The number of aryl methyl sites for hydroxylation is 2. The first kappa shape index (κ1) is 13.0. The number of anilines is 1. The van der Waals surface area contributed by atoms with Crippen molar-refractivity contribution in [2.45, 2.75) is 20.4 Å². The van der Waals surface area contributed by atoms with Crippen molar-refractivity contribution in [3.8, 4) is 0 Å². The molecule has 0 aliphatic rings. The maximum atomic E-state index is 4.60. The Bertz CT molecular complexity index is 750. The van der Waals surface area contributed by atoms with Gasteiger partial charge >= 0.3 is 0 Å². The third-order valence-electron chi connectivity index (χ3n) is 3.14. The molecule has 4 nitrogen and oxygen atoms in total. The molecule has 0 fully saturated rings. The van der Waals surface area contributed by atoms with E-state index < -0.39 is 0 Å². The van der Waals surface area contributed by atoms with Crippen LogP contribution in [0.3, 0.4) is 0 Å². The van der Waals surface area contributed by atoms with E-state index in [0.29, 0.717) is 0 Å². The van der Waals surface area contributed by atoms with Crippen molar-refractivity contribution in [3.63, 3.8) is 0 Å². The van der Waals surface area contributed by atoms with Crippen LogP contribution in [-0.4, -0.2) is 22.0 Å². The molecule has 0 spiro atoms. The van der Waals surface area contributed by atoms with Crippen LogP contribution < -0.4 is 4.90 Å². The van der Waals surface area contributed by atoms with Gasteiger partial charge in [0.05, 0.1) is 18.3 Å². The van der Waals surface area contributed by atoms with Crippen molar-refractivity contribution in [3.05, 3.63) is 46.2 Å². The monoisotopic (exact) mass is 284 g/mol. The fourth-order valence-corrected chi connectivity index (χ4v) is 3.19. The van der Waals surface area contributed by atoms with E-state index in [2.05, 4.69) is 46.0 Å². The summed E-state index contributed by atoms with van der Waals surface area (Å²) in [6.07, 6.45) is 3.57. The van der Waals surface area contributed by atoms with Gasteiger partial charge in [0.2, 0.25) is 0 Å². The lowest BCUT2D eigenvalue weighted by molar-refractivity contribution is 0.903. The summed E-state index contributed by atoms with van der Waals surface area (Å²) in [5.41, 5.74) is 0.893. The Kier molecular flexibility index (Phi) is 3.36. The second-order valence-electron chi connectivity index (χ2n) is 4.86. The molecule has 0 aliphatic carbocycles. The van der Waals surface area contributed by atoms with Crippen molar-refractivity contribution < 1.29 is 0 Å². The smallest absolute Gasteiger partial charge is 0.140 e. The zero-order chi connectivity index (χ0) is 14.1. The fraction of sp³-hybridized carbons (Fsp3) is 0.267. The summed E-state index contributed by atoms with van der Waals surface area (Å²) in [6.45, 7) is 4.90. The Morgan fingerprint density at radius 1 is 1.15 bits per heavy atom. The molecule has 3 rings (SSSR count). The molecule has 0 atom stereocenters. The van der Waals surface area contributed by atoms with Gasteiger partial charge < -0.3 is 4.90 Å². The van der Waals surface area contributed by atoms with Crippen LogP contribution in [0.15, 0.2) is 30.6 Å². The van der Waals surface area contributed by atoms with Gasteiger partial charge in [-0.3, -0.25) is 4.98 Å². The van der Waals surface area contributed by atoms with E-state index in [-0.39, 0.29) is 0 Å². The summed E-state index contributed by atoms with van der Waals surface area (Å²) in [5, 5.41) is 1.04. The molecule has 5 heteroatoms. The first-order valence-electron chi connectivity index (χ1n) is 6.48. The van der Waals surface area contributed by atoms with Gasteiger partial charge in [0.1, 0.15) is 11.6 Å². The van der Waals surface area contributed by atoms with Gasteiger partial charge in [0, 0.05) is 28.4 Å². The van der Waals surface area contributed by atoms with Crippen molar-refractivity contribution in [1.82, 2.24) is 15.0 Å². The van der Waals surface area contributed by atoms with Gasteiger partial charge in [-0.1, -0.05) is 0 Å². The molecule has 0 aromatic carbocycles. The molecule has 3 aromatic rings. The number of aromatic nitrogens is 3. The van der Waals surface area contributed by atoms with Gasteiger partial charge in [-0.05, 0) is 32.0 Å². The summed E-state index contributed by atoms with van der Waals surface area (Å²) in [7, 11) is 2.07. The molecule has 0 N–H and O–H groups in total. The van der Waals surface area contributed by atoms with Crippen LogP contribution in [-0.2, 0) is 6.54 Å². The quantitative estimate of drug-likeness (QED) is 0.739. The van der Waals surface area contributed by atoms with E-state index in [4.69, 9.17) is 0 Å². The third-order valence-corrected chi connectivity index (χ3v) is 4.13. The normalized spacial score (nSPS) is 10.9. The molecule has 20 heavy (non-hydrogen) atoms. The minimum atomic E-state index is 0.773. The van der Waals surface area contributed by atoms with E-state index in [0.717, 1.165) is 29.1 Å². The molecule has 0 aliphatic heterocycles. The van der Waals surface area contributed by atoms with Crippen LogP contribution in [0.4, 0.5) is 5.82 Å². The zero-order valence-corrected chi connectivity index (χ0v) is 12.6. The van der Waals surface area contributed by atoms with Crippen LogP contribution in [0.25, 0.3) is 10.9 Å². The Hall–Kier alpha value is -2.01. The lowest BCUT2D eigenvalue weighted by Gasteiger charge is -2.19. The Labute approximate surface area is 122 Å². The Morgan fingerprint density at radius 2 is 2.00 bits per heavy atom. The van der Waals surface area contributed by atoms with Crippen LogP contribution in [0.1, 0.15) is 15.6 Å². The minimum Gasteiger partial charge on any atom is -0.354 e. The molecular formula is C15H16N4S. The Morgan fingerprint density at radius 3 is 2.75 bits per heavy atom. The lowest BCUT2D eigenvalue weighted by Crippen LogP contribution is -2.18. The fourth-order valence-electron chi connectivity index (χ4n) is 2.25. The summed E-state index contributed by atoms with van der Waals surface area (Å²) >= 11 is 1.82. The molecule has 3 aromatic heterocycles. The molecule has 0 saturated heterocycles. The van der Waals surface area contributed by atoms with Crippen LogP contribution in [0.5, 0.6) is 0 Å². The SMILES string of the molecule is Cc1nc(N(C)Cc2ccc(C)s2)c2ccncc2n1. The number of thiophene rings is 1. The molecule has 102 valence electrons. The van der Waals surface area contributed by atoms with Gasteiger partial charge in [-0.15, -0.1) is 11.3 Å². The summed E-state index contributed by atoms with van der Waals surface area (Å²) in [6, 6.07) is 6.30. The first-order valence-corrected chi connectivity index (χ1v) is 7.30. The van der Waals surface area contributed by atoms with Gasteiger partial charge in [0.15, 0.2) is 0 Å². The highest BCUT2D eigenvalue weighted by atomic mass is 32.1. The van der Waals surface area contributed by atoms with E-state index in [9.17, 15) is 0 Å².